The van der Waals surface area contributed by atoms with Crippen molar-refractivity contribution in [2.45, 2.75) is 30.6 Å². The number of ether oxygens (including phenoxy) is 2. The summed E-state index contributed by atoms with van der Waals surface area (Å²) in [6.45, 7) is 3.47. The van der Waals surface area contributed by atoms with Gasteiger partial charge in [0.15, 0.2) is 11.5 Å². The molecule has 1 aromatic carbocycles. The lowest BCUT2D eigenvalue weighted by Gasteiger charge is -2.30. The molecule has 176 valence electrons. The van der Waals surface area contributed by atoms with E-state index in [9.17, 15) is 13.2 Å². The van der Waals surface area contributed by atoms with Gasteiger partial charge in [-0.2, -0.15) is 4.31 Å². The summed E-state index contributed by atoms with van der Waals surface area (Å²) in [5, 5.41) is 2.93. The summed E-state index contributed by atoms with van der Waals surface area (Å²) in [6.07, 6.45) is 4.99. The molecule has 0 unspecified atom stereocenters. The number of anilines is 2. The molecule has 0 radical (unpaired) electrons. The van der Waals surface area contributed by atoms with E-state index in [0.717, 1.165) is 18.9 Å². The molecule has 2 saturated heterocycles. The maximum atomic E-state index is 13.1. The zero-order valence-electron chi connectivity index (χ0n) is 18.4. The average Bonchev–Trinajstić information content (AvgIpc) is 3.39. The van der Waals surface area contributed by atoms with Gasteiger partial charge in [-0.05, 0) is 49.9 Å². The van der Waals surface area contributed by atoms with Crippen LogP contribution < -0.4 is 19.7 Å². The van der Waals surface area contributed by atoms with E-state index in [-0.39, 0.29) is 16.7 Å². The number of amides is 1. The second-order valence-electron chi connectivity index (χ2n) is 8.57. The molecule has 0 aliphatic carbocycles. The fourth-order valence-corrected chi connectivity index (χ4v) is 6.01. The van der Waals surface area contributed by atoms with Crippen LogP contribution in [0.4, 0.5) is 11.5 Å². The van der Waals surface area contributed by atoms with Crippen molar-refractivity contribution in [3.63, 3.8) is 0 Å². The third-order valence-electron chi connectivity index (χ3n) is 6.42. The van der Waals surface area contributed by atoms with Gasteiger partial charge < -0.3 is 19.7 Å². The molecule has 9 nitrogen and oxygen atoms in total. The van der Waals surface area contributed by atoms with Crippen molar-refractivity contribution in [2.75, 3.05) is 49.6 Å². The predicted octanol–water partition coefficient (Wildman–Crippen LogP) is 2.49. The Kier molecular flexibility index (Phi) is 6.11. The van der Waals surface area contributed by atoms with Crippen LogP contribution in [0.15, 0.2) is 41.4 Å². The Hall–Kier alpha value is -2.85. The summed E-state index contributed by atoms with van der Waals surface area (Å²) in [7, 11) is -3.67. The van der Waals surface area contributed by atoms with Gasteiger partial charge in [-0.25, -0.2) is 13.4 Å². The number of fused-ring (bicyclic) bond motifs is 1. The van der Waals surface area contributed by atoms with E-state index < -0.39 is 10.0 Å². The van der Waals surface area contributed by atoms with E-state index in [4.69, 9.17) is 9.47 Å². The highest BCUT2D eigenvalue weighted by molar-refractivity contribution is 7.89. The fourth-order valence-electron chi connectivity index (χ4n) is 4.53. The van der Waals surface area contributed by atoms with Gasteiger partial charge >= 0.3 is 0 Å². The molecule has 0 saturated carbocycles. The highest BCUT2D eigenvalue weighted by Gasteiger charge is 2.33. The highest BCUT2D eigenvalue weighted by atomic mass is 32.2. The van der Waals surface area contributed by atoms with E-state index in [0.29, 0.717) is 56.3 Å². The molecule has 2 aromatic rings. The molecule has 5 rings (SSSR count). The summed E-state index contributed by atoms with van der Waals surface area (Å²) in [6, 6.07) is 8.50. The molecule has 0 spiro atoms. The molecule has 0 bridgehead atoms. The summed E-state index contributed by atoms with van der Waals surface area (Å²) >= 11 is 0. The Labute approximate surface area is 193 Å². The smallest absolute Gasteiger partial charge is 0.243 e. The molecule has 33 heavy (non-hydrogen) atoms. The number of benzene rings is 1. The number of sulfonamides is 1. The minimum Gasteiger partial charge on any atom is -0.486 e. The second-order valence-corrected chi connectivity index (χ2v) is 10.5. The van der Waals surface area contributed by atoms with Gasteiger partial charge in [-0.3, -0.25) is 4.79 Å². The van der Waals surface area contributed by atoms with Crippen molar-refractivity contribution in [1.29, 1.82) is 0 Å². The topological polar surface area (TPSA) is 101 Å². The average molecular weight is 473 g/mol. The second kappa shape index (κ2) is 9.18. The normalized spacial score (nSPS) is 19.5. The summed E-state index contributed by atoms with van der Waals surface area (Å²) in [5.41, 5.74) is 0.661. The highest BCUT2D eigenvalue weighted by Crippen LogP contribution is 2.34. The van der Waals surface area contributed by atoms with E-state index >= 15 is 0 Å². The van der Waals surface area contributed by atoms with Crippen molar-refractivity contribution in [3.8, 4) is 11.5 Å². The molecule has 1 amide bonds. The molecule has 10 heteroatoms. The Balaban J connectivity index is 1.17. The van der Waals surface area contributed by atoms with E-state index in [2.05, 4.69) is 15.2 Å². The van der Waals surface area contributed by atoms with Gasteiger partial charge in [0.25, 0.3) is 0 Å². The zero-order valence-corrected chi connectivity index (χ0v) is 19.2. The quantitative estimate of drug-likeness (QED) is 0.713. The minimum absolute atomic E-state index is 0.0953. The van der Waals surface area contributed by atoms with Crippen molar-refractivity contribution >= 4 is 27.4 Å². The number of carbonyl (C=O) groups excluding carboxylic acids is 1. The monoisotopic (exact) mass is 472 g/mol. The number of rotatable bonds is 5. The van der Waals surface area contributed by atoms with E-state index in [1.807, 2.05) is 12.1 Å². The minimum atomic E-state index is -3.67. The van der Waals surface area contributed by atoms with Crippen LogP contribution in [0.3, 0.4) is 0 Å². The molecular weight excluding hydrogens is 444 g/mol. The van der Waals surface area contributed by atoms with Crippen molar-refractivity contribution < 1.29 is 22.7 Å². The molecule has 3 aliphatic rings. The van der Waals surface area contributed by atoms with Crippen LogP contribution in [0, 0.1) is 5.92 Å². The van der Waals surface area contributed by atoms with Crippen molar-refractivity contribution in [1.82, 2.24) is 9.29 Å². The van der Waals surface area contributed by atoms with E-state index in [1.54, 1.807) is 18.3 Å². The predicted molar refractivity (Wildman–Crippen MR) is 123 cm³/mol. The lowest BCUT2D eigenvalue weighted by molar-refractivity contribution is -0.120. The Morgan fingerprint density at radius 2 is 1.70 bits per heavy atom. The van der Waals surface area contributed by atoms with Crippen LogP contribution in [-0.2, 0) is 14.8 Å². The molecule has 1 aromatic heterocycles. The molecule has 3 aliphatic heterocycles. The zero-order chi connectivity index (χ0) is 22.8. The van der Waals surface area contributed by atoms with Crippen LogP contribution in [-0.4, -0.2) is 63.0 Å². The fraction of sp³-hybridized carbons (Fsp3) is 0.478. The van der Waals surface area contributed by atoms with Crippen LogP contribution in [0.1, 0.15) is 25.7 Å². The van der Waals surface area contributed by atoms with Gasteiger partial charge in [-0.15, -0.1) is 0 Å². The number of hydrogen-bond acceptors (Lipinski definition) is 7. The first-order chi connectivity index (χ1) is 16.0. The van der Waals surface area contributed by atoms with Gasteiger partial charge in [0.1, 0.15) is 19.0 Å². The van der Waals surface area contributed by atoms with Gasteiger partial charge in [0.2, 0.25) is 15.9 Å². The number of hydrogen-bond donors (Lipinski definition) is 1. The maximum absolute atomic E-state index is 13.1. The largest absolute Gasteiger partial charge is 0.486 e. The van der Waals surface area contributed by atoms with Crippen LogP contribution in [0.25, 0.3) is 0 Å². The number of piperidine rings is 1. The Bertz CT molecular complexity index is 1110. The van der Waals surface area contributed by atoms with Crippen LogP contribution in [0.2, 0.25) is 0 Å². The maximum Gasteiger partial charge on any atom is 0.243 e. The first-order valence-electron chi connectivity index (χ1n) is 11.4. The molecule has 0 atom stereocenters. The van der Waals surface area contributed by atoms with Crippen molar-refractivity contribution in [3.05, 3.63) is 36.5 Å². The van der Waals surface area contributed by atoms with E-state index in [1.165, 1.54) is 23.2 Å². The third-order valence-corrected chi connectivity index (χ3v) is 8.32. The summed E-state index contributed by atoms with van der Waals surface area (Å²) < 4.78 is 38.6. The first-order valence-corrected chi connectivity index (χ1v) is 12.9. The standard InChI is InChI=1S/C23H28N4O5S/c28-23(25-18-3-6-22(24-16-18)26-9-1-2-10-26)17-7-11-27(12-8-17)33(29,30)19-4-5-20-21(15-19)32-14-13-31-20/h3-6,15-17H,1-2,7-14H2,(H,25,28). The number of aromatic nitrogens is 1. The van der Waals surface area contributed by atoms with Gasteiger partial charge in [-0.1, -0.05) is 0 Å². The van der Waals surface area contributed by atoms with Crippen LogP contribution >= 0.6 is 0 Å². The number of nitrogens with zero attached hydrogens (tertiary/aromatic N) is 3. The Morgan fingerprint density at radius 3 is 2.39 bits per heavy atom. The summed E-state index contributed by atoms with van der Waals surface area (Å²) in [4.78, 5) is 19.6. The SMILES string of the molecule is O=C(Nc1ccc(N2CCCC2)nc1)C1CCN(S(=O)(=O)c2ccc3c(c2)OCCO3)CC1. The van der Waals surface area contributed by atoms with Crippen molar-refractivity contribution in [2.24, 2.45) is 5.92 Å². The lowest BCUT2D eigenvalue weighted by Crippen LogP contribution is -2.41. The van der Waals surface area contributed by atoms with Crippen LogP contribution in [0.5, 0.6) is 11.5 Å². The third kappa shape index (κ3) is 4.63. The molecule has 2 fully saturated rings. The van der Waals surface area contributed by atoms with Gasteiger partial charge in [0.05, 0.1) is 16.8 Å². The summed E-state index contributed by atoms with van der Waals surface area (Å²) in [5.74, 6) is 1.60. The molecule has 1 N–H and O–H groups in total. The molecular formula is C23H28N4O5S. The Morgan fingerprint density at radius 1 is 0.970 bits per heavy atom. The lowest BCUT2D eigenvalue weighted by atomic mass is 9.97. The number of nitrogens with one attached hydrogen (secondary N) is 1. The number of carbonyl (C=O) groups is 1. The number of pyridine rings is 1. The van der Waals surface area contributed by atoms with Gasteiger partial charge in [0, 0.05) is 38.2 Å². The molecule has 4 heterocycles. The first kappa shape index (κ1) is 22.0.